The summed E-state index contributed by atoms with van der Waals surface area (Å²) >= 11 is 5.95. The van der Waals surface area contributed by atoms with Gasteiger partial charge in [-0.3, -0.25) is 9.20 Å². The maximum absolute atomic E-state index is 13.6. The Morgan fingerprint density at radius 1 is 1.03 bits per heavy atom. The van der Waals surface area contributed by atoms with Crippen molar-refractivity contribution < 1.29 is 13.0 Å². The van der Waals surface area contributed by atoms with E-state index in [0.29, 0.717) is 29.3 Å². The van der Waals surface area contributed by atoms with Crippen molar-refractivity contribution in [3.8, 4) is 0 Å². The summed E-state index contributed by atoms with van der Waals surface area (Å²) in [6.07, 6.45) is 2.19. The molecule has 0 saturated heterocycles. The molecule has 35 heavy (non-hydrogen) atoms. The summed E-state index contributed by atoms with van der Waals surface area (Å²) in [6.45, 7) is 2.20. The first-order valence-electron chi connectivity index (χ1n) is 11.0. The summed E-state index contributed by atoms with van der Waals surface area (Å²) in [6, 6.07) is 20.6. The van der Waals surface area contributed by atoms with Gasteiger partial charge in [-0.1, -0.05) is 53.0 Å². The van der Waals surface area contributed by atoms with Crippen molar-refractivity contribution in [1.29, 1.82) is 0 Å². The van der Waals surface area contributed by atoms with E-state index in [2.05, 4.69) is 0 Å². The van der Waals surface area contributed by atoms with Gasteiger partial charge in [-0.15, -0.1) is 0 Å². The fraction of sp³-hybridized carbons (Fsp3) is 0.115. The zero-order valence-corrected chi connectivity index (χ0v) is 20.4. The third-order valence-corrected chi connectivity index (χ3v) is 8.07. The van der Waals surface area contributed by atoms with E-state index in [0.717, 1.165) is 11.1 Å². The van der Waals surface area contributed by atoms with E-state index in [1.165, 1.54) is 34.7 Å². The van der Waals surface area contributed by atoms with Crippen molar-refractivity contribution in [2.45, 2.75) is 29.7 Å². The van der Waals surface area contributed by atoms with Gasteiger partial charge in [0.05, 0.1) is 11.4 Å². The molecule has 0 radical (unpaired) electrons. The molecule has 7 nitrogen and oxygen atoms in total. The highest BCUT2D eigenvalue weighted by molar-refractivity contribution is 7.91. The number of anilines is 1. The van der Waals surface area contributed by atoms with E-state index in [1.807, 2.05) is 43.3 Å². The minimum atomic E-state index is -4.04. The molecule has 0 unspecified atom stereocenters. The SMILES string of the molecule is Cc1cccn2c(=O)c3cc(S(=O)(=O)c4ccc(Cl)cc4)c(N)[n+](CCc4ccccc4)c3nc12. The number of nitrogen functional groups attached to an aromatic ring is 1. The Hall–Kier alpha value is -3.75. The number of sulfone groups is 1. The molecule has 0 aliphatic heterocycles. The second kappa shape index (κ2) is 8.79. The van der Waals surface area contributed by atoms with Crippen LogP contribution in [0.5, 0.6) is 0 Å². The van der Waals surface area contributed by atoms with Crippen LogP contribution in [0.3, 0.4) is 0 Å². The van der Waals surface area contributed by atoms with Gasteiger partial charge in [0.15, 0.2) is 0 Å². The van der Waals surface area contributed by atoms with Gasteiger partial charge < -0.3 is 5.73 Å². The Balaban J connectivity index is 1.81. The third kappa shape index (κ3) is 4.05. The van der Waals surface area contributed by atoms with Crippen molar-refractivity contribution in [2.24, 2.45) is 0 Å². The molecular weight excluding hydrogens is 484 g/mol. The summed E-state index contributed by atoms with van der Waals surface area (Å²) in [5.74, 6) is 0.0215. The van der Waals surface area contributed by atoms with Crippen LogP contribution in [0.4, 0.5) is 5.82 Å². The first kappa shape index (κ1) is 23.0. The number of hydrogen-bond acceptors (Lipinski definition) is 5. The van der Waals surface area contributed by atoms with Crippen LogP contribution < -0.4 is 15.9 Å². The van der Waals surface area contributed by atoms with Gasteiger partial charge >= 0.3 is 0 Å². The third-order valence-electron chi connectivity index (χ3n) is 6.02. The van der Waals surface area contributed by atoms with Gasteiger partial charge in [0.1, 0.15) is 10.3 Å². The molecule has 2 N–H and O–H groups in total. The normalized spacial score (nSPS) is 11.8. The lowest BCUT2D eigenvalue weighted by molar-refractivity contribution is -0.659. The predicted molar refractivity (Wildman–Crippen MR) is 135 cm³/mol. The lowest BCUT2D eigenvalue weighted by atomic mass is 10.1. The van der Waals surface area contributed by atoms with Crippen LogP contribution >= 0.6 is 11.6 Å². The van der Waals surface area contributed by atoms with Crippen LogP contribution in [0, 0.1) is 6.92 Å². The van der Waals surface area contributed by atoms with Crippen molar-refractivity contribution in [2.75, 3.05) is 5.73 Å². The zero-order valence-electron chi connectivity index (χ0n) is 18.8. The standard InChI is InChI=1S/C26H21ClN4O3S/c1-17-6-5-14-31-24(17)29-25-21(26(31)32)16-22(35(33,34)20-11-9-19(27)10-12-20)23(28)30(25)15-13-18-7-3-2-4-8-18/h2-12,14,16,28H,13,15H2,1H3/p+1. The molecule has 3 aromatic heterocycles. The molecule has 0 aliphatic carbocycles. The Kier molecular flexibility index (Phi) is 5.78. The van der Waals surface area contributed by atoms with Gasteiger partial charge in [-0.25, -0.2) is 13.0 Å². The number of benzene rings is 2. The van der Waals surface area contributed by atoms with Crippen LogP contribution in [-0.2, 0) is 22.8 Å². The fourth-order valence-electron chi connectivity index (χ4n) is 4.15. The van der Waals surface area contributed by atoms with E-state index in [-0.39, 0.29) is 26.6 Å². The number of hydrogen-bond donors (Lipinski definition) is 1. The van der Waals surface area contributed by atoms with Gasteiger partial charge in [0.25, 0.3) is 11.2 Å². The number of aromatic nitrogens is 3. The molecule has 0 amide bonds. The van der Waals surface area contributed by atoms with Gasteiger partial charge in [0, 0.05) is 23.2 Å². The first-order chi connectivity index (χ1) is 16.8. The lowest BCUT2D eigenvalue weighted by Crippen LogP contribution is -2.42. The smallest absolute Gasteiger partial charge is 0.278 e. The number of rotatable bonds is 5. The Bertz CT molecular complexity index is 1750. The maximum Gasteiger partial charge on any atom is 0.278 e. The van der Waals surface area contributed by atoms with Gasteiger partial charge in [-0.05, 0) is 48.9 Å². The zero-order chi connectivity index (χ0) is 24.7. The van der Waals surface area contributed by atoms with Gasteiger partial charge in [0.2, 0.25) is 21.3 Å². The van der Waals surface area contributed by atoms with E-state index < -0.39 is 9.84 Å². The summed E-state index contributed by atoms with van der Waals surface area (Å²) in [5, 5.41) is 0.584. The molecule has 0 saturated carbocycles. The quantitative estimate of drug-likeness (QED) is 0.290. The van der Waals surface area contributed by atoms with Crippen molar-refractivity contribution in [1.82, 2.24) is 9.38 Å². The molecule has 3 heterocycles. The highest BCUT2D eigenvalue weighted by Crippen LogP contribution is 2.27. The largest absolute Gasteiger partial charge is 0.317 e. The highest BCUT2D eigenvalue weighted by atomic mass is 35.5. The van der Waals surface area contributed by atoms with E-state index in [1.54, 1.807) is 16.8 Å². The van der Waals surface area contributed by atoms with Crippen molar-refractivity contribution in [3.63, 3.8) is 0 Å². The summed E-state index contributed by atoms with van der Waals surface area (Å²) < 4.78 is 30.2. The molecule has 0 aliphatic rings. The van der Waals surface area contributed by atoms with Crippen LogP contribution in [0.1, 0.15) is 11.1 Å². The molecular formula is C26H22ClN4O3S+. The summed E-state index contributed by atoms with van der Waals surface area (Å²) in [5.41, 5.74) is 8.84. The molecule has 0 atom stereocenters. The van der Waals surface area contributed by atoms with E-state index in [4.69, 9.17) is 22.3 Å². The lowest BCUT2D eigenvalue weighted by Gasteiger charge is -2.13. The van der Waals surface area contributed by atoms with Crippen LogP contribution in [0.2, 0.25) is 5.02 Å². The summed E-state index contributed by atoms with van der Waals surface area (Å²) in [7, 11) is -4.04. The first-order valence-corrected chi connectivity index (χ1v) is 12.8. The fourth-order valence-corrected chi connectivity index (χ4v) is 5.69. The van der Waals surface area contributed by atoms with Crippen molar-refractivity contribution >= 4 is 43.9 Å². The maximum atomic E-state index is 13.6. The van der Waals surface area contributed by atoms with Crippen LogP contribution in [0.25, 0.3) is 16.7 Å². The topological polar surface area (TPSA) is 98.4 Å². The Labute approximate surface area is 207 Å². The Morgan fingerprint density at radius 3 is 2.46 bits per heavy atom. The average molecular weight is 506 g/mol. The molecule has 0 spiro atoms. The number of pyridine rings is 2. The molecule has 0 fully saturated rings. The van der Waals surface area contributed by atoms with Gasteiger partial charge in [-0.2, -0.15) is 0 Å². The molecule has 176 valence electrons. The minimum Gasteiger partial charge on any atom is -0.317 e. The number of nitrogens with zero attached hydrogens (tertiary/aromatic N) is 3. The van der Waals surface area contributed by atoms with E-state index in [9.17, 15) is 13.2 Å². The number of nitrogens with two attached hydrogens (primary N) is 1. The summed E-state index contributed by atoms with van der Waals surface area (Å²) in [4.78, 5) is 18.1. The number of halogens is 1. The monoisotopic (exact) mass is 505 g/mol. The minimum absolute atomic E-state index is 0.0215. The Morgan fingerprint density at radius 2 is 1.74 bits per heavy atom. The van der Waals surface area contributed by atoms with Crippen LogP contribution in [-0.4, -0.2) is 17.8 Å². The average Bonchev–Trinajstić information content (AvgIpc) is 2.85. The molecule has 5 aromatic rings. The predicted octanol–water partition coefficient (Wildman–Crippen LogP) is 3.75. The molecule has 5 rings (SSSR count). The molecule has 9 heteroatoms. The van der Waals surface area contributed by atoms with E-state index >= 15 is 0 Å². The number of fused-ring (bicyclic) bond motifs is 2. The molecule has 2 aromatic carbocycles. The second-order valence-corrected chi connectivity index (χ2v) is 10.6. The second-order valence-electron chi connectivity index (χ2n) is 8.28. The number of aryl methyl sites for hydroxylation is 3. The molecule has 0 bridgehead atoms. The van der Waals surface area contributed by atoms with Crippen molar-refractivity contribution in [3.05, 3.63) is 105 Å². The highest BCUT2D eigenvalue weighted by Gasteiger charge is 2.29. The van der Waals surface area contributed by atoms with Crippen LogP contribution in [0.15, 0.2) is 93.6 Å².